The summed E-state index contributed by atoms with van der Waals surface area (Å²) in [6, 6.07) is 20.7. The summed E-state index contributed by atoms with van der Waals surface area (Å²) >= 11 is 0. The number of hydrogen-bond acceptors (Lipinski definition) is 4. The second kappa shape index (κ2) is 10.5. The van der Waals surface area contributed by atoms with Crippen molar-refractivity contribution in [2.45, 2.75) is 38.1 Å². The summed E-state index contributed by atoms with van der Waals surface area (Å²) in [5, 5.41) is 3.02. The Morgan fingerprint density at radius 3 is 2.24 bits per heavy atom. The Bertz CT molecular complexity index is 1190. The molecular weight excluding hydrogens is 436 g/mol. The second-order valence-electron chi connectivity index (χ2n) is 7.91. The summed E-state index contributed by atoms with van der Waals surface area (Å²) in [5.41, 5.74) is 3.69. The molecule has 0 fully saturated rings. The lowest BCUT2D eigenvalue weighted by molar-refractivity contribution is -0.120. The molecule has 3 rings (SSSR count). The van der Waals surface area contributed by atoms with Gasteiger partial charge in [0, 0.05) is 0 Å². The van der Waals surface area contributed by atoms with E-state index in [1.54, 1.807) is 42.5 Å². The summed E-state index contributed by atoms with van der Waals surface area (Å²) in [6.45, 7) is 5.70. The van der Waals surface area contributed by atoms with E-state index in [4.69, 9.17) is 4.74 Å². The van der Waals surface area contributed by atoms with Crippen molar-refractivity contribution in [3.05, 3.63) is 89.5 Å². The zero-order valence-electron chi connectivity index (χ0n) is 19.4. The molecule has 0 aromatic heterocycles. The van der Waals surface area contributed by atoms with Crippen LogP contribution in [0.1, 0.15) is 36.1 Å². The van der Waals surface area contributed by atoms with E-state index in [2.05, 4.69) is 11.4 Å². The largest absolute Gasteiger partial charge is 0.497 e. The first kappa shape index (κ1) is 24.3. The lowest BCUT2D eigenvalue weighted by Crippen LogP contribution is -2.42. The first-order valence-corrected chi connectivity index (χ1v) is 12.3. The van der Waals surface area contributed by atoms with Gasteiger partial charge in [-0.3, -0.25) is 9.10 Å². The number of rotatable bonds is 9. The zero-order chi connectivity index (χ0) is 24.0. The maximum absolute atomic E-state index is 13.5. The number of amides is 1. The number of nitrogens with one attached hydrogen (secondary N) is 1. The van der Waals surface area contributed by atoms with Gasteiger partial charge in [-0.05, 0) is 67.8 Å². The number of ether oxygens (including phenoxy) is 1. The molecule has 7 heteroatoms. The van der Waals surface area contributed by atoms with Gasteiger partial charge in [0.2, 0.25) is 5.91 Å². The van der Waals surface area contributed by atoms with Gasteiger partial charge in [0.25, 0.3) is 10.0 Å². The second-order valence-corrected chi connectivity index (χ2v) is 9.77. The number of carbonyl (C=O) groups is 1. The van der Waals surface area contributed by atoms with Crippen molar-refractivity contribution in [2.75, 3.05) is 18.0 Å². The van der Waals surface area contributed by atoms with Gasteiger partial charge in [0.05, 0.1) is 23.7 Å². The third-order valence-corrected chi connectivity index (χ3v) is 7.31. The van der Waals surface area contributed by atoms with Crippen molar-refractivity contribution in [1.29, 1.82) is 0 Å². The molecule has 0 saturated carbocycles. The van der Waals surface area contributed by atoms with Gasteiger partial charge in [-0.1, -0.05) is 48.9 Å². The first-order chi connectivity index (χ1) is 15.8. The zero-order valence-corrected chi connectivity index (χ0v) is 20.2. The molecule has 1 amide bonds. The van der Waals surface area contributed by atoms with Gasteiger partial charge in [0.15, 0.2) is 0 Å². The molecule has 0 radical (unpaired) electrons. The SMILES string of the molecule is CCC(NC(=O)CN(c1ccccc1)S(=O)(=O)c1ccc(OC)cc1)c1ccc(C)cc1C. The van der Waals surface area contributed by atoms with Gasteiger partial charge in [-0.2, -0.15) is 0 Å². The lowest BCUT2D eigenvalue weighted by Gasteiger charge is -2.26. The van der Waals surface area contributed by atoms with Crippen LogP contribution in [-0.2, 0) is 14.8 Å². The number of anilines is 1. The average molecular weight is 467 g/mol. The minimum absolute atomic E-state index is 0.0846. The number of carbonyl (C=O) groups excluding carboxylic acids is 1. The van der Waals surface area contributed by atoms with Crippen LogP contribution in [0.4, 0.5) is 5.69 Å². The number of methoxy groups -OCH3 is 1. The molecule has 0 aliphatic rings. The molecular formula is C26H30N2O4S. The van der Waals surface area contributed by atoms with Crippen LogP contribution in [0.2, 0.25) is 0 Å². The van der Waals surface area contributed by atoms with Crippen LogP contribution in [0.15, 0.2) is 77.7 Å². The highest BCUT2D eigenvalue weighted by atomic mass is 32.2. The van der Waals surface area contributed by atoms with Crippen molar-refractivity contribution in [3.8, 4) is 5.75 Å². The van der Waals surface area contributed by atoms with E-state index in [9.17, 15) is 13.2 Å². The summed E-state index contributed by atoms with van der Waals surface area (Å²) in [7, 11) is -2.46. The number of benzene rings is 3. The van der Waals surface area contributed by atoms with Crippen molar-refractivity contribution in [3.63, 3.8) is 0 Å². The molecule has 0 aliphatic heterocycles. The van der Waals surface area contributed by atoms with Crippen molar-refractivity contribution in [1.82, 2.24) is 5.32 Å². The van der Waals surface area contributed by atoms with Crippen LogP contribution >= 0.6 is 0 Å². The van der Waals surface area contributed by atoms with Crippen LogP contribution < -0.4 is 14.4 Å². The minimum atomic E-state index is -3.98. The number of nitrogens with zero attached hydrogens (tertiary/aromatic N) is 1. The molecule has 3 aromatic rings. The van der Waals surface area contributed by atoms with E-state index >= 15 is 0 Å². The standard InChI is InChI=1S/C26H30N2O4S/c1-5-25(24-16-11-19(2)17-20(24)3)27-26(29)18-28(21-9-7-6-8-10-21)33(30,31)23-14-12-22(32-4)13-15-23/h6-17,25H,5,18H2,1-4H3,(H,27,29). The number of hydrogen-bond donors (Lipinski definition) is 1. The number of sulfonamides is 1. The molecule has 33 heavy (non-hydrogen) atoms. The fourth-order valence-electron chi connectivity index (χ4n) is 3.77. The number of aryl methyl sites for hydroxylation is 2. The minimum Gasteiger partial charge on any atom is -0.497 e. The highest BCUT2D eigenvalue weighted by molar-refractivity contribution is 7.92. The molecule has 6 nitrogen and oxygen atoms in total. The Kier molecular flexibility index (Phi) is 7.76. The number of para-hydroxylation sites is 1. The smallest absolute Gasteiger partial charge is 0.264 e. The van der Waals surface area contributed by atoms with Gasteiger partial charge in [-0.15, -0.1) is 0 Å². The van der Waals surface area contributed by atoms with E-state index in [0.717, 1.165) is 21.0 Å². The van der Waals surface area contributed by atoms with Gasteiger partial charge in [-0.25, -0.2) is 8.42 Å². The van der Waals surface area contributed by atoms with Crippen LogP contribution in [0.25, 0.3) is 0 Å². The van der Waals surface area contributed by atoms with E-state index in [-0.39, 0.29) is 23.4 Å². The molecule has 1 unspecified atom stereocenters. The Morgan fingerprint density at radius 2 is 1.67 bits per heavy atom. The molecule has 3 aromatic carbocycles. The van der Waals surface area contributed by atoms with Gasteiger partial charge < -0.3 is 10.1 Å². The van der Waals surface area contributed by atoms with Crippen LogP contribution in [0, 0.1) is 13.8 Å². The van der Waals surface area contributed by atoms with Crippen LogP contribution in [-0.4, -0.2) is 28.0 Å². The van der Waals surface area contributed by atoms with Crippen molar-refractivity contribution >= 4 is 21.6 Å². The molecule has 0 spiro atoms. The van der Waals surface area contributed by atoms with E-state index < -0.39 is 10.0 Å². The quantitative estimate of drug-likeness (QED) is 0.493. The summed E-state index contributed by atoms with van der Waals surface area (Å²) < 4.78 is 33.3. The van der Waals surface area contributed by atoms with E-state index in [1.807, 2.05) is 32.9 Å². The van der Waals surface area contributed by atoms with Crippen molar-refractivity contribution < 1.29 is 17.9 Å². The highest BCUT2D eigenvalue weighted by Gasteiger charge is 2.28. The normalized spacial score (nSPS) is 12.1. The van der Waals surface area contributed by atoms with Crippen molar-refractivity contribution in [2.24, 2.45) is 0 Å². The van der Waals surface area contributed by atoms with Gasteiger partial charge >= 0.3 is 0 Å². The molecule has 0 saturated heterocycles. The Hall–Kier alpha value is -3.32. The molecule has 1 atom stereocenters. The molecule has 0 aliphatic carbocycles. The third-order valence-electron chi connectivity index (χ3n) is 5.52. The highest BCUT2D eigenvalue weighted by Crippen LogP contribution is 2.26. The summed E-state index contributed by atoms with van der Waals surface area (Å²) in [6.07, 6.45) is 0.687. The molecule has 1 N–H and O–H groups in total. The Labute approximate surface area is 196 Å². The first-order valence-electron chi connectivity index (χ1n) is 10.8. The fourth-order valence-corrected chi connectivity index (χ4v) is 5.19. The van der Waals surface area contributed by atoms with Crippen LogP contribution in [0.3, 0.4) is 0 Å². The van der Waals surface area contributed by atoms with E-state index in [0.29, 0.717) is 17.9 Å². The molecule has 0 bridgehead atoms. The summed E-state index contributed by atoms with van der Waals surface area (Å²) in [4.78, 5) is 13.2. The monoisotopic (exact) mass is 466 g/mol. The summed E-state index contributed by atoms with van der Waals surface area (Å²) in [5.74, 6) is 0.181. The third kappa shape index (κ3) is 5.73. The maximum atomic E-state index is 13.5. The predicted octanol–water partition coefficient (Wildman–Crippen LogP) is 4.77. The van der Waals surface area contributed by atoms with E-state index in [1.165, 1.54) is 19.2 Å². The predicted molar refractivity (Wildman–Crippen MR) is 131 cm³/mol. The van der Waals surface area contributed by atoms with Gasteiger partial charge in [0.1, 0.15) is 12.3 Å². The topological polar surface area (TPSA) is 75.7 Å². The average Bonchev–Trinajstić information content (AvgIpc) is 2.82. The van der Waals surface area contributed by atoms with Crippen LogP contribution in [0.5, 0.6) is 5.75 Å². The molecule has 0 heterocycles. The fraction of sp³-hybridized carbons (Fsp3) is 0.269. The molecule has 174 valence electrons. The maximum Gasteiger partial charge on any atom is 0.264 e. The lowest BCUT2D eigenvalue weighted by atomic mass is 9.97. The Balaban J connectivity index is 1.89. The Morgan fingerprint density at radius 1 is 1.00 bits per heavy atom.